The summed E-state index contributed by atoms with van der Waals surface area (Å²) in [7, 11) is 0. The van der Waals surface area contributed by atoms with E-state index in [4.69, 9.17) is 17.3 Å². The fourth-order valence-electron chi connectivity index (χ4n) is 2.86. The number of rotatable bonds is 5. The van der Waals surface area contributed by atoms with E-state index < -0.39 is 0 Å². The zero-order valence-corrected chi connectivity index (χ0v) is 13.5. The van der Waals surface area contributed by atoms with E-state index in [1.807, 2.05) is 42.5 Å². The molecule has 3 aromatic carbocycles. The average molecular weight is 324 g/mol. The second-order valence-electron chi connectivity index (χ2n) is 5.63. The van der Waals surface area contributed by atoms with E-state index in [1.54, 1.807) is 6.07 Å². The van der Waals surface area contributed by atoms with Crippen LogP contribution in [-0.4, -0.2) is 12.3 Å². The van der Waals surface area contributed by atoms with Crippen LogP contribution in [0.1, 0.15) is 17.0 Å². The van der Waals surface area contributed by atoms with E-state index in [0.717, 1.165) is 16.5 Å². The Hall–Kier alpha value is -2.16. The maximum atomic E-state index is 12.7. The zero-order valence-electron chi connectivity index (χ0n) is 12.7. The van der Waals surface area contributed by atoms with Gasteiger partial charge in [0.2, 0.25) is 0 Å². The summed E-state index contributed by atoms with van der Waals surface area (Å²) in [6.45, 7) is 0.260. The van der Waals surface area contributed by atoms with Crippen molar-refractivity contribution in [2.45, 2.75) is 12.3 Å². The van der Waals surface area contributed by atoms with Gasteiger partial charge >= 0.3 is 0 Å². The molecule has 2 nitrogen and oxygen atoms in total. The van der Waals surface area contributed by atoms with E-state index in [2.05, 4.69) is 18.2 Å². The molecule has 0 saturated carbocycles. The molecule has 0 radical (unpaired) electrons. The maximum absolute atomic E-state index is 12.7. The number of ketones is 1. The molecule has 0 aliphatic rings. The van der Waals surface area contributed by atoms with Crippen molar-refractivity contribution in [3.05, 3.63) is 82.9 Å². The van der Waals surface area contributed by atoms with Gasteiger partial charge in [0.15, 0.2) is 0 Å². The summed E-state index contributed by atoms with van der Waals surface area (Å²) in [6.07, 6.45) is 0.359. The molecule has 1 unspecified atom stereocenters. The van der Waals surface area contributed by atoms with Crippen LogP contribution in [0.15, 0.2) is 66.7 Å². The SMILES string of the molecule is NCC(C(=O)Cc1ccc2ccccc2c1)c1ccccc1Cl. The minimum absolute atomic E-state index is 0.0934. The van der Waals surface area contributed by atoms with Crippen molar-refractivity contribution in [2.24, 2.45) is 5.73 Å². The van der Waals surface area contributed by atoms with Gasteiger partial charge in [-0.3, -0.25) is 4.79 Å². The molecule has 2 N–H and O–H groups in total. The van der Waals surface area contributed by atoms with E-state index >= 15 is 0 Å². The van der Waals surface area contributed by atoms with Crippen molar-refractivity contribution in [1.82, 2.24) is 0 Å². The van der Waals surface area contributed by atoms with Gasteiger partial charge in [0, 0.05) is 18.0 Å². The quantitative estimate of drug-likeness (QED) is 0.758. The molecule has 0 saturated heterocycles. The summed E-state index contributed by atoms with van der Waals surface area (Å²) in [6, 6.07) is 21.6. The number of Topliss-reactive ketones (excluding diaryl/α,β-unsaturated/α-hetero) is 1. The van der Waals surface area contributed by atoms with E-state index in [9.17, 15) is 4.79 Å². The van der Waals surface area contributed by atoms with Gasteiger partial charge in [-0.05, 0) is 28.0 Å². The lowest BCUT2D eigenvalue weighted by Crippen LogP contribution is -2.23. The van der Waals surface area contributed by atoms with Crippen molar-refractivity contribution < 1.29 is 4.79 Å². The largest absolute Gasteiger partial charge is 0.329 e. The third-order valence-electron chi connectivity index (χ3n) is 4.10. The number of hydrogen-bond acceptors (Lipinski definition) is 2. The Morgan fingerprint density at radius 2 is 1.65 bits per heavy atom. The lowest BCUT2D eigenvalue weighted by molar-refractivity contribution is -0.119. The normalized spacial score (nSPS) is 12.3. The van der Waals surface area contributed by atoms with Crippen molar-refractivity contribution in [3.63, 3.8) is 0 Å². The second kappa shape index (κ2) is 6.95. The molecule has 3 aromatic rings. The highest BCUT2D eigenvalue weighted by Gasteiger charge is 2.21. The monoisotopic (exact) mass is 323 g/mol. The Kier molecular flexibility index (Phi) is 4.75. The van der Waals surface area contributed by atoms with Crippen LogP contribution in [0.4, 0.5) is 0 Å². The summed E-state index contributed by atoms with van der Waals surface area (Å²) >= 11 is 6.22. The highest BCUT2D eigenvalue weighted by Crippen LogP contribution is 2.26. The molecule has 3 rings (SSSR count). The Labute approximate surface area is 140 Å². The number of hydrogen-bond donors (Lipinski definition) is 1. The molecule has 1 atom stereocenters. The van der Waals surface area contributed by atoms with Gasteiger partial charge in [-0.25, -0.2) is 0 Å². The highest BCUT2D eigenvalue weighted by atomic mass is 35.5. The number of fused-ring (bicyclic) bond motifs is 1. The Morgan fingerprint density at radius 1 is 0.957 bits per heavy atom. The summed E-state index contributed by atoms with van der Waals surface area (Å²) in [5.41, 5.74) is 7.65. The van der Waals surface area contributed by atoms with E-state index in [-0.39, 0.29) is 18.2 Å². The first kappa shape index (κ1) is 15.7. The minimum atomic E-state index is -0.366. The average Bonchev–Trinajstić information content (AvgIpc) is 2.57. The van der Waals surface area contributed by atoms with Gasteiger partial charge in [0.1, 0.15) is 5.78 Å². The summed E-state index contributed by atoms with van der Waals surface area (Å²) < 4.78 is 0. The van der Waals surface area contributed by atoms with Crippen LogP contribution in [0.5, 0.6) is 0 Å². The molecular weight excluding hydrogens is 306 g/mol. The third-order valence-corrected chi connectivity index (χ3v) is 4.44. The van der Waals surface area contributed by atoms with Crippen LogP contribution in [-0.2, 0) is 11.2 Å². The molecule has 0 aliphatic carbocycles. The molecule has 0 aliphatic heterocycles. The molecule has 0 amide bonds. The number of carbonyl (C=O) groups excluding carboxylic acids is 1. The molecule has 0 spiro atoms. The van der Waals surface area contributed by atoms with Crippen molar-refractivity contribution in [1.29, 1.82) is 0 Å². The van der Waals surface area contributed by atoms with Gasteiger partial charge in [-0.15, -0.1) is 0 Å². The van der Waals surface area contributed by atoms with Crippen LogP contribution in [0.25, 0.3) is 10.8 Å². The van der Waals surface area contributed by atoms with E-state index in [1.165, 1.54) is 5.39 Å². The smallest absolute Gasteiger partial charge is 0.146 e. The number of carbonyl (C=O) groups is 1. The number of halogens is 1. The first-order chi connectivity index (χ1) is 11.2. The van der Waals surface area contributed by atoms with Crippen LogP contribution in [0.3, 0.4) is 0 Å². The lowest BCUT2D eigenvalue weighted by Gasteiger charge is -2.16. The minimum Gasteiger partial charge on any atom is -0.329 e. The standard InChI is InChI=1S/C20H18ClNO/c21-19-8-4-3-7-17(19)18(13-22)20(23)12-14-9-10-15-5-1-2-6-16(15)11-14/h1-11,18H,12-13,22H2. The molecular formula is C20H18ClNO. The summed E-state index contributed by atoms with van der Waals surface area (Å²) in [4.78, 5) is 12.7. The molecule has 0 aromatic heterocycles. The van der Waals surface area contributed by atoms with Crippen molar-refractivity contribution in [3.8, 4) is 0 Å². The predicted molar refractivity (Wildman–Crippen MR) is 95.9 cm³/mol. The topological polar surface area (TPSA) is 43.1 Å². The van der Waals surface area contributed by atoms with Crippen LogP contribution in [0.2, 0.25) is 5.02 Å². The van der Waals surface area contributed by atoms with Crippen molar-refractivity contribution in [2.75, 3.05) is 6.54 Å². The second-order valence-corrected chi connectivity index (χ2v) is 6.04. The molecule has 23 heavy (non-hydrogen) atoms. The molecule has 3 heteroatoms. The van der Waals surface area contributed by atoms with Crippen LogP contribution >= 0.6 is 11.6 Å². The Morgan fingerprint density at radius 3 is 2.39 bits per heavy atom. The van der Waals surface area contributed by atoms with E-state index in [0.29, 0.717) is 11.4 Å². The number of benzene rings is 3. The third kappa shape index (κ3) is 3.44. The molecule has 0 bridgehead atoms. The number of nitrogens with two attached hydrogens (primary N) is 1. The summed E-state index contributed by atoms with van der Waals surface area (Å²) in [5.74, 6) is -0.272. The first-order valence-electron chi connectivity index (χ1n) is 7.64. The van der Waals surface area contributed by atoms with Gasteiger partial charge in [0.25, 0.3) is 0 Å². The summed E-state index contributed by atoms with van der Waals surface area (Å²) in [5, 5.41) is 2.90. The zero-order chi connectivity index (χ0) is 16.2. The van der Waals surface area contributed by atoms with Gasteiger partial charge in [0.05, 0.1) is 5.92 Å². The maximum Gasteiger partial charge on any atom is 0.146 e. The van der Waals surface area contributed by atoms with Crippen molar-refractivity contribution >= 4 is 28.2 Å². The molecule has 0 fully saturated rings. The fraction of sp³-hybridized carbons (Fsp3) is 0.150. The Bertz CT molecular complexity index is 844. The van der Waals surface area contributed by atoms with Gasteiger partial charge in [-0.1, -0.05) is 72.3 Å². The fourth-order valence-corrected chi connectivity index (χ4v) is 3.13. The lowest BCUT2D eigenvalue weighted by atomic mass is 9.90. The molecule has 116 valence electrons. The predicted octanol–water partition coefficient (Wildman–Crippen LogP) is 4.35. The highest BCUT2D eigenvalue weighted by molar-refractivity contribution is 6.31. The van der Waals surface area contributed by atoms with Crippen LogP contribution in [0, 0.1) is 0 Å². The molecule has 0 heterocycles. The van der Waals surface area contributed by atoms with Gasteiger partial charge in [-0.2, -0.15) is 0 Å². The van der Waals surface area contributed by atoms with Crippen LogP contribution < -0.4 is 5.73 Å². The first-order valence-corrected chi connectivity index (χ1v) is 8.01. The van der Waals surface area contributed by atoms with Gasteiger partial charge < -0.3 is 5.73 Å². The Balaban J connectivity index is 1.85.